The minimum atomic E-state index is 0.259. The van der Waals surface area contributed by atoms with Crippen molar-refractivity contribution in [2.45, 2.75) is 19.4 Å². The van der Waals surface area contributed by atoms with Crippen molar-refractivity contribution in [1.29, 1.82) is 0 Å². The molecule has 0 spiro atoms. The first kappa shape index (κ1) is 12.8. The van der Waals surface area contributed by atoms with Gasteiger partial charge in [-0.15, -0.1) is 0 Å². The van der Waals surface area contributed by atoms with Gasteiger partial charge in [0, 0.05) is 5.02 Å². The van der Waals surface area contributed by atoms with Crippen LogP contribution in [-0.4, -0.2) is 0 Å². The maximum Gasteiger partial charge on any atom is 0.0579 e. The Morgan fingerprint density at radius 2 is 1.89 bits per heavy atom. The Morgan fingerprint density at radius 3 is 2.50 bits per heavy atom. The van der Waals surface area contributed by atoms with E-state index in [0.717, 1.165) is 12.1 Å². The van der Waals surface area contributed by atoms with Crippen LogP contribution >= 0.6 is 11.6 Å². The number of halogens is 1. The highest BCUT2D eigenvalue weighted by atomic mass is 35.5. The third-order valence-electron chi connectivity index (χ3n) is 2.95. The van der Waals surface area contributed by atoms with E-state index in [1.807, 2.05) is 30.3 Å². The van der Waals surface area contributed by atoms with Gasteiger partial charge in [-0.25, -0.2) is 0 Å². The number of benzene rings is 2. The number of anilines is 2. The fraction of sp³-hybridized carbons (Fsp3) is 0.200. The summed E-state index contributed by atoms with van der Waals surface area (Å²) in [6, 6.07) is 16.1. The summed E-state index contributed by atoms with van der Waals surface area (Å²) in [6.07, 6.45) is 0.992. The Hall–Kier alpha value is -1.67. The molecule has 1 atom stereocenters. The Bertz CT molecular complexity index is 511. The second-order valence-electron chi connectivity index (χ2n) is 4.25. The van der Waals surface area contributed by atoms with Crippen LogP contribution in [0.5, 0.6) is 0 Å². The molecule has 18 heavy (non-hydrogen) atoms. The lowest BCUT2D eigenvalue weighted by molar-refractivity contribution is 0.750. The summed E-state index contributed by atoms with van der Waals surface area (Å²) in [6.45, 7) is 2.15. The summed E-state index contributed by atoms with van der Waals surface area (Å²) in [5.41, 5.74) is 8.82. The molecule has 0 aliphatic carbocycles. The third kappa shape index (κ3) is 2.96. The van der Waals surface area contributed by atoms with Gasteiger partial charge >= 0.3 is 0 Å². The van der Waals surface area contributed by atoms with Crippen molar-refractivity contribution in [3.8, 4) is 0 Å². The lowest BCUT2D eigenvalue weighted by Gasteiger charge is -2.20. The molecule has 2 nitrogen and oxygen atoms in total. The predicted octanol–water partition coefficient (Wildman–Crippen LogP) is 4.49. The quantitative estimate of drug-likeness (QED) is 0.795. The molecule has 0 radical (unpaired) electrons. The van der Waals surface area contributed by atoms with Crippen molar-refractivity contribution in [1.82, 2.24) is 0 Å². The van der Waals surface area contributed by atoms with Crippen LogP contribution in [0.15, 0.2) is 48.5 Å². The lowest BCUT2D eigenvalue weighted by Crippen LogP contribution is -2.10. The van der Waals surface area contributed by atoms with E-state index < -0.39 is 0 Å². The molecule has 94 valence electrons. The van der Waals surface area contributed by atoms with Gasteiger partial charge in [0.05, 0.1) is 17.4 Å². The molecule has 0 aliphatic heterocycles. The average Bonchev–Trinajstić information content (AvgIpc) is 2.39. The topological polar surface area (TPSA) is 38.0 Å². The van der Waals surface area contributed by atoms with Crippen LogP contribution in [0, 0.1) is 0 Å². The van der Waals surface area contributed by atoms with Crippen LogP contribution in [-0.2, 0) is 0 Å². The van der Waals surface area contributed by atoms with Gasteiger partial charge in [-0.1, -0.05) is 48.9 Å². The molecule has 2 aromatic rings. The molecule has 1 unspecified atom stereocenters. The van der Waals surface area contributed by atoms with Gasteiger partial charge in [0.25, 0.3) is 0 Å². The highest BCUT2D eigenvalue weighted by molar-refractivity contribution is 6.31. The number of rotatable bonds is 4. The first-order valence-electron chi connectivity index (χ1n) is 6.07. The Balaban J connectivity index is 2.21. The minimum Gasteiger partial charge on any atom is -0.397 e. The zero-order chi connectivity index (χ0) is 13.0. The zero-order valence-electron chi connectivity index (χ0n) is 10.4. The van der Waals surface area contributed by atoms with Crippen LogP contribution in [0.3, 0.4) is 0 Å². The molecule has 0 heterocycles. The minimum absolute atomic E-state index is 0.259. The van der Waals surface area contributed by atoms with Crippen molar-refractivity contribution in [2.24, 2.45) is 0 Å². The van der Waals surface area contributed by atoms with Gasteiger partial charge in [0.1, 0.15) is 0 Å². The van der Waals surface area contributed by atoms with E-state index in [4.69, 9.17) is 17.3 Å². The molecule has 0 saturated carbocycles. The van der Waals surface area contributed by atoms with E-state index in [-0.39, 0.29) is 6.04 Å². The molecule has 0 fully saturated rings. The summed E-state index contributed by atoms with van der Waals surface area (Å²) < 4.78 is 0. The maximum absolute atomic E-state index is 5.96. The van der Waals surface area contributed by atoms with Gasteiger partial charge in [-0.2, -0.15) is 0 Å². The summed E-state index contributed by atoms with van der Waals surface area (Å²) in [5.74, 6) is 0. The molecule has 0 saturated heterocycles. The summed E-state index contributed by atoms with van der Waals surface area (Å²) in [4.78, 5) is 0. The summed E-state index contributed by atoms with van der Waals surface area (Å²) >= 11 is 5.90. The second-order valence-corrected chi connectivity index (χ2v) is 4.68. The van der Waals surface area contributed by atoms with Crippen LogP contribution < -0.4 is 11.1 Å². The van der Waals surface area contributed by atoms with Gasteiger partial charge in [-0.3, -0.25) is 0 Å². The standard InChI is InChI=1S/C15H17ClN2/c1-2-14(11-6-4-3-5-7-11)18-15-9-8-12(16)10-13(15)17/h3-10,14,18H,2,17H2,1H3. The van der Waals surface area contributed by atoms with E-state index in [1.54, 1.807) is 6.07 Å². The number of hydrogen-bond acceptors (Lipinski definition) is 2. The van der Waals surface area contributed by atoms with Crippen molar-refractivity contribution >= 4 is 23.0 Å². The number of nitrogens with two attached hydrogens (primary N) is 1. The highest BCUT2D eigenvalue weighted by Crippen LogP contribution is 2.28. The summed E-state index contributed by atoms with van der Waals surface area (Å²) in [7, 11) is 0. The lowest BCUT2D eigenvalue weighted by atomic mass is 10.0. The maximum atomic E-state index is 5.96. The monoisotopic (exact) mass is 260 g/mol. The van der Waals surface area contributed by atoms with Crippen molar-refractivity contribution < 1.29 is 0 Å². The van der Waals surface area contributed by atoms with E-state index in [1.165, 1.54) is 5.56 Å². The normalized spacial score (nSPS) is 12.1. The molecular weight excluding hydrogens is 244 g/mol. The van der Waals surface area contributed by atoms with Crippen LogP contribution in [0.1, 0.15) is 24.9 Å². The molecule has 3 heteroatoms. The second kappa shape index (κ2) is 5.78. The fourth-order valence-corrected chi connectivity index (χ4v) is 2.14. The van der Waals surface area contributed by atoms with Crippen molar-refractivity contribution in [2.75, 3.05) is 11.1 Å². The SMILES string of the molecule is CCC(Nc1ccc(Cl)cc1N)c1ccccc1. The van der Waals surface area contributed by atoms with Crippen LogP contribution in [0.4, 0.5) is 11.4 Å². The van der Waals surface area contributed by atoms with Crippen LogP contribution in [0.2, 0.25) is 5.02 Å². The fourth-order valence-electron chi connectivity index (χ4n) is 1.96. The van der Waals surface area contributed by atoms with Crippen molar-refractivity contribution in [3.05, 3.63) is 59.1 Å². The molecule has 2 rings (SSSR count). The van der Waals surface area contributed by atoms with Gasteiger partial charge < -0.3 is 11.1 Å². The van der Waals surface area contributed by atoms with Gasteiger partial charge in [0.2, 0.25) is 0 Å². The first-order chi connectivity index (χ1) is 8.70. The smallest absolute Gasteiger partial charge is 0.0579 e. The van der Waals surface area contributed by atoms with E-state index in [0.29, 0.717) is 10.7 Å². The molecular formula is C15H17ClN2. The Morgan fingerprint density at radius 1 is 1.17 bits per heavy atom. The van der Waals surface area contributed by atoms with Crippen molar-refractivity contribution in [3.63, 3.8) is 0 Å². The van der Waals surface area contributed by atoms with Gasteiger partial charge in [0.15, 0.2) is 0 Å². The van der Waals surface area contributed by atoms with Crippen LogP contribution in [0.25, 0.3) is 0 Å². The Labute approximate surface area is 113 Å². The molecule has 0 bridgehead atoms. The van der Waals surface area contributed by atoms with E-state index in [2.05, 4.69) is 24.4 Å². The number of nitrogens with one attached hydrogen (secondary N) is 1. The molecule has 3 N–H and O–H groups in total. The zero-order valence-corrected chi connectivity index (χ0v) is 11.1. The first-order valence-corrected chi connectivity index (χ1v) is 6.45. The molecule has 0 aliphatic rings. The Kier molecular flexibility index (Phi) is 4.11. The number of hydrogen-bond donors (Lipinski definition) is 2. The number of nitrogen functional groups attached to an aromatic ring is 1. The average molecular weight is 261 g/mol. The third-order valence-corrected chi connectivity index (χ3v) is 3.19. The molecule has 2 aromatic carbocycles. The highest BCUT2D eigenvalue weighted by Gasteiger charge is 2.10. The van der Waals surface area contributed by atoms with E-state index >= 15 is 0 Å². The van der Waals surface area contributed by atoms with Gasteiger partial charge in [-0.05, 0) is 30.2 Å². The summed E-state index contributed by atoms with van der Waals surface area (Å²) in [5, 5.41) is 4.11. The molecule has 0 amide bonds. The molecule has 0 aromatic heterocycles. The van der Waals surface area contributed by atoms with E-state index in [9.17, 15) is 0 Å². The largest absolute Gasteiger partial charge is 0.397 e. The predicted molar refractivity (Wildman–Crippen MR) is 79.0 cm³/mol.